The molecule has 0 unspecified atom stereocenters. The summed E-state index contributed by atoms with van der Waals surface area (Å²) in [7, 11) is 0. The summed E-state index contributed by atoms with van der Waals surface area (Å²) in [5.74, 6) is 0. The van der Waals surface area contributed by atoms with Gasteiger partial charge in [0.25, 0.3) is 0 Å². The lowest BCUT2D eigenvalue weighted by Gasteiger charge is -2.22. The van der Waals surface area contributed by atoms with Gasteiger partial charge in [-0.3, -0.25) is 0 Å². The molecule has 3 heteroatoms. The number of hydrogen-bond donors (Lipinski definition) is 1. The molecule has 0 saturated carbocycles. The summed E-state index contributed by atoms with van der Waals surface area (Å²) in [4.78, 5) is 0. The Hall–Kier alpha value is -0.120. The van der Waals surface area contributed by atoms with Crippen molar-refractivity contribution < 1.29 is 9.47 Å². The van der Waals surface area contributed by atoms with Gasteiger partial charge in [-0.15, -0.1) is 0 Å². The standard InChI is InChI=1S/C10H23NO2/c1-9(2)13-6-5-12-8-10(3,4)7-11/h9H,5-8,11H2,1-4H3. The molecule has 13 heavy (non-hydrogen) atoms. The van der Waals surface area contributed by atoms with Gasteiger partial charge in [0.05, 0.1) is 25.9 Å². The molecule has 0 aromatic carbocycles. The summed E-state index contributed by atoms with van der Waals surface area (Å²) >= 11 is 0. The molecule has 2 N–H and O–H groups in total. The van der Waals surface area contributed by atoms with Crippen LogP contribution in [-0.2, 0) is 9.47 Å². The Labute approximate surface area is 81.6 Å². The van der Waals surface area contributed by atoms with Crippen LogP contribution in [-0.4, -0.2) is 32.5 Å². The fourth-order valence-electron chi connectivity index (χ4n) is 0.750. The molecular weight excluding hydrogens is 166 g/mol. The van der Waals surface area contributed by atoms with Crippen molar-refractivity contribution in [1.82, 2.24) is 0 Å². The van der Waals surface area contributed by atoms with Gasteiger partial charge in [-0.1, -0.05) is 13.8 Å². The van der Waals surface area contributed by atoms with E-state index in [1.54, 1.807) is 0 Å². The molecule has 0 aliphatic carbocycles. The van der Waals surface area contributed by atoms with Crippen LogP contribution in [0.4, 0.5) is 0 Å². The topological polar surface area (TPSA) is 44.5 Å². The second-order valence-corrected chi connectivity index (χ2v) is 4.34. The van der Waals surface area contributed by atoms with E-state index in [2.05, 4.69) is 13.8 Å². The SMILES string of the molecule is CC(C)OCCOCC(C)(C)CN. The quantitative estimate of drug-likeness (QED) is 0.616. The Morgan fingerprint density at radius 1 is 1.23 bits per heavy atom. The monoisotopic (exact) mass is 189 g/mol. The molecule has 0 bridgehead atoms. The minimum atomic E-state index is 0.0812. The van der Waals surface area contributed by atoms with Crippen LogP contribution in [0.2, 0.25) is 0 Å². The van der Waals surface area contributed by atoms with Gasteiger partial charge in [-0.2, -0.15) is 0 Å². The van der Waals surface area contributed by atoms with E-state index in [4.69, 9.17) is 15.2 Å². The Morgan fingerprint density at radius 2 is 1.85 bits per heavy atom. The van der Waals surface area contributed by atoms with Crippen LogP contribution < -0.4 is 5.73 Å². The van der Waals surface area contributed by atoms with Gasteiger partial charge >= 0.3 is 0 Å². The van der Waals surface area contributed by atoms with Gasteiger partial charge in [0, 0.05) is 5.41 Å². The Balaban J connectivity index is 3.26. The van der Waals surface area contributed by atoms with Crippen molar-refractivity contribution in [3.8, 4) is 0 Å². The summed E-state index contributed by atoms with van der Waals surface area (Å²) in [5, 5.41) is 0. The van der Waals surface area contributed by atoms with Crippen molar-refractivity contribution in [2.75, 3.05) is 26.4 Å². The van der Waals surface area contributed by atoms with Crippen LogP contribution in [0.5, 0.6) is 0 Å². The smallest absolute Gasteiger partial charge is 0.0703 e. The molecule has 0 saturated heterocycles. The normalized spacial score (nSPS) is 12.5. The van der Waals surface area contributed by atoms with E-state index in [9.17, 15) is 0 Å². The van der Waals surface area contributed by atoms with Crippen molar-refractivity contribution in [2.45, 2.75) is 33.8 Å². The largest absolute Gasteiger partial charge is 0.378 e. The highest BCUT2D eigenvalue weighted by Gasteiger charge is 2.15. The van der Waals surface area contributed by atoms with Crippen LogP contribution in [0.25, 0.3) is 0 Å². The van der Waals surface area contributed by atoms with Crippen LogP contribution in [0.1, 0.15) is 27.7 Å². The highest BCUT2D eigenvalue weighted by molar-refractivity contribution is 4.67. The Morgan fingerprint density at radius 3 is 2.31 bits per heavy atom. The minimum absolute atomic E-state index is 0.0812. The number of ether oxygens (including phenoxy) is 2. The summed E-state index contributed by atoms with van der Waals surface area (Å²) in [5.41, 5.74) is 5.64. The number of nitrogens with two attached hydrogens (primary N) is 1. The van der Waals surface area contributed by atoms with Crippen molar-refractivity contribution in [1.29, 1.82) is 0 Å². The van der Waals surface area contributed by atoms with Gasteiger partial charge < -0.3 is 15.2 Å². The Kier molecular flexibility index (Phi) is 6.29. The highest BCUT2D eigenvalue weighted by Crippen LogP contribution is 2.12. The van der Waals surface area contributed by atoms with Crippen molar-refractivity contribution >= 4 is 0 Å². The first-order chi connectivity index (χ1) is 5.98. The first-order valence-electron chi connectivity index (χ1n) is 4.87. The van der Waals surface area contributed by atoms with Gasteiger partial charge in [-0.25, -0.2) is 0 Å². The fraction of sp³-hybridized carbons (Fsp3) is 1.00. The van der Waals surface area contributed by atoms with Crippen LogP contribution in [0.15, 0.2) is 0 Å². The van der Waals surface area contributed by atoms with E-state index < -0.39 is 0 Å². The van der Waals surface area contributed by atoms with Crippen LogP contribution >= 0.6 is 0 Å². The highest BCUT2D eigenvalue weighted by atomic mass is 16.5. The molecule has 3 nitrogen and oxygen atoms in total. The van der Waals surface area contributed by atoms with Gasteiger partial charge in [0.2, 0.25) is 0 Å². The molecule has 0 aliphatic heterocycles. The fourth-order valence-corrected chi connectivity index (χ4v) is 0.750. The lowest BCUT2D eigenvalue weighted by Crippen LogP contribution is -2.29. The summed E-state index contributed by atoms with van der Waals surface area (Å²) < 4.78 is 10.8. The van der Waals surface area contributed by atoms with E-state index in [0.717, 1.165) is 0 Å². The average Bonchev–Trinajstić information content (AvgIpc) is 2.03. The molecule has 0 heterocycles. The number of hydrogen-bond acceptors (Lipinski definition) is 3. The third-order valence-electron chi connectivity index (χ3n) is 1.72. The zero-order chi connectivity index (χ0) is 10.3. The summed E-state index contributed by atoms with van der Waals surface area (Å²) in [6.45, 7) is 10.9. The third-order valence-corrected chi connectivity index (χ3v) is 1.72. The minimum Gasteiger partial charge on any atom is -0.378 e. The molecular formula is C10H23NO2. The molecule has 0 aromatic heterocycles. The molecule has 0 atom stereocenters. The van der Waals surface area contributed by atoms with E-state index in [1.165, 1.54) is 0 Å². The zero-order valence-corrected chi connectivity index (χ0v) is 9.30. The molecule has 0 radical (unpaired) electrons. The summed E-state index contributed by atoms with van der Waals surface area (Å²) in [6, 6.07) is 0. The molecule has 0 aromatic rings. The lowest BCUT2D eigenvalue weighted by atomic mass is 9.95. The predicted octanol–water partition coefficient (Wildman–Crippen LogP) is 1.41. The Bertz CT molecular complexity index is 124. The first kappa shape index (κ1) is 12.9. The van der Waals surface area contributed by atoms with E-state index in [1.807, 2.05) is 13.8 Å². The van der Waals surface area contributed by atoms with E-state index >= 15 is 0 Å². The zero-order valence-electron chi connectivity index (χ0n) is 9.30. The number of rotatable bonds is 7. The van der Waals surface area contributed by atoms with Gasteiger partial charge in [-0.05, 0) is 20.4 Å². The summed E-state index contributed by atoms with van der Waals surface area (Å²) in [6.07, 6.45) is 0.283. The van der Waals surface area contributed by atoms with E-state index in [0.29, 0.717) is 26.4 Å². The maximum absolute atomic E-state index is 5.56. The lowest BCUT2D eigenvalue weighted by molar-refractivity contribution is -0.00175. The van der Waals surface area contributed by atoms with E-state index in [-0.39, 0.29) is 11.5 Å². The van der Waals surface area contributed by atoms with Gasteiger partial charge in [0.1, 0.15) is 0 Å². The van der Waals surface area contributed by atoms with Crippen molar-refractivity contribution in [3.05, 3.63) is 0 Å². The molecule has 80 valence electrons. The molecule has 0 rings (SSSR count). The second-order valence-electron chi connectivity index (χ2n) is 4.34. The van der Waals surface area contributed by atoms with Crippen molar-refractivity contribution in [2.24, 2.45) is 11.1 Å². The van der Waals surface area contributed by atoms with Crippen LogP contribution in [0.3, 0.4) is 0 Å². The maximum Gasteiger partial charge on any atom is 0.0703 e. The molecule has 0 fully saturated rings. The molecule has 0 amide bonds. The molecule has 0 spiro atoms. The van der Waals surface area contributed by atoms with Gasteiger partial charge in [0.15, 0.2) is 0 Å². The van der Waals surface area contributed by atoms with Crippen molar-refractivity contribution in [3.63, 3.8) is 0 Å². The molecule has 0 aliphatic rings. The first-order valence-corrected chi connectivity index (χ1v) is 4.87. The van der Waals surface area contributed by atoms with Crippen LogP contribution in [0, 0.1) is 5.41 Å². The predicted molar refractivity (Wildman–Crippen MR) is 54.7 cm³/mol. The third kappa shape index (κ3) is 8.22. The average molecular weight is 189 g/mol. The second kappa shape index (κ2) is 6.35. The maximum atomic E-state index is 5.56.